The van der Waals surface area contributed by atoms with E-state index in [9.17, 15) is 4.79 Å². The lowest BCUT2D eigenvalue weighted by molar-refractivity contribution is -0.143. The van der Waals surface area contributed by atoms with Crippen LogP contribution in [0.4, 0.5) is 0 Å². The molecular weight excluding hydrogens is 200 g/mol. The van der Waals surface area contributed by atoms with Crippen LogP contribution < -0.4 is 4.74 Å². The van der Waals surface area contributed by atoms with Gasteiger partial charge in [0.1, 0.15) is 5.75 Å². The molecule has 0 aliphatic rings. The summed E-state index contributed by atoms with van der Waals surface area (Å²) in [6.07, 6.45) is 0. The summed E-state index contributed by atoms with van der Waals surface area (Å²) in [5, 5.41) is 0. The third-order valence-corrected chi connectivity index (χ3v) is 2.36. The van der Waals surface area contributed by atoms with Crippen LogP contribution >= 0.6 is 0 Å². The zero-order valence-corrected chi connectivity index (χ0v) is 10.7. The fraction of sp³-hybridized carbons (Fsp3) is 0.500. The first kappa shape index (κ1) is 12.8. The number of rotatable bonds is 2. The third kappa shape index (κ3) is 3.09. The largest absolute Gasteiger partial charge is 0.426 e. The first-order chi connectivity index (χ1) is 7.32. The fourth-order valence-corrected chi connectivity index (χ4v) is 1.30. The molecule has 0 spiro atoms. The van der Waals surface area contributed by atoms with Crippen molar-refractivity contribution in [2.24, 2.45) is 5.41 Å². The summed E-state index contributed by atoms with van der Waals surface area (Å²) >= 11 is 0. The van der Waals surface area contributed by atoms with E-state index in [0.29, 0.717) is 11.7 Å². The molecule has 0 fully saturated rings. The summed E-state index contributed by atoms with van der Waals surface area (Å²) in [5.74, 6) is 0.835. The van der Waals surface area contributed by atoms with Crippen molar-refractivity contribution in [2.75, 3.05) is 0 Å². The second kappa shape index (κ2) is 4.69. The first-order valence-corrected chi connectivity index (χ1v) is 5.63. The third-order valence-electron chi connectivity index (χ3n) is 2.36. The van der Waals surface area contributed by atoms with Gasteiger partial charge in [-0.05, 0) is 38.3 Å². The Kier molecular flexibility index (Phi) is 3.74. The van der Waals surface area contributed by atoms with Gasteiger partial charge < -0.3 is 4.74 Å². The minimum atomic E-state index is -0.468. The topological polar surface area (TPSA) is 26.3 Å². The molecule has 0 saturated heterocycles. The number of esters is 1. The molecule has 2 heteroatoms. The lowest BCUT2D eigenvalue weighted by Crippen LogP contribution is -2.26. The predicted molar refractivity (Wildman–Crippen MR) is 65.6 cm³/mol. The van der Waals surface area contributed by atoms with Crippen molar-refractivity contribution in [1.82, 2.24) is 0 Å². The molecule has 0 radical (unpaired) electrons. The average molecular weight is 220 g/mol. The Morgan fingerprint density at radius 2 is 1.75 bits per heavy atom. The number of carbonyl (C=O) groups excluding carboxylic acids is 1. The molecule has 0 amide bonds. The van der Waals surface area contributed by atoms with Gasteiger partial charge in [-0.3, -0.25) is 4.79 Å². The SMILES string of the molecule is CC(C)c1ccccc1OC(=O)C(C)(C)C. The maximum atomic E-state index is 11.8. The fourth-order valence-electron chi connectivity index (χ4n) is 1.30. The van der Waals surface area contributed by atoms with Gasteiger partial charge in [0.15, 0.2) is 0 Å². The highest BCUT2D eigenvalue weighted by Gasteiger charge is 2.24. The Balaban J connectivity index is 2.94. The Hall–Kier alpha value is -1.31. The van der Waals surface area contributed by atoms with Gasteiger partial charge in [-0.1, -0.05) is 32.0 Å². The standard InChI is InChI=1S/C14H20O2/c1-10(2)11-8-6-7-9-12(11)16-13(15)14(3,4)5/h6-10H,1-5H3. The molecule has 1 aromatic rings. The molecule has 16 heavy (non-hydrogen) atoms. The smallest absolute Gasteiger partial charge is 0.316 e. The van der Waals surface area contributed by atoms with E-state index in [4.69, 9.17) is 4.74 Å². The molecule has 0 aliphatic heterocycles. The molecule has 0 N–H and O–H groups in total. The monoisotopic (exact) mass is 220 g/mol. The number of hydrogen-bond donors (Lipinski definition) is 0. The van der Waals surface area contributed by atoms with E-state index in [1.807, 2.05) is 45.0 Å². The van der Waals surface area contributed by atoms with Crippen LogP contribution in [0.2, 0.25) is 0 Å². The highest BCUT2D eigenvalue weighted by Crippen LogP contribution is 2.28. The molecule has 0 bridgehead atoms. The van der Waals surface area contributed by atoms with Crippen molar-refractivity contribution in [3.63, 3.8) is 0 Å². The van der Waals surface area contributed by atoms with E-state index in [1.165, 1.54) is 0 Å². The highest BCUT2D eigenvalue weighted by molar-refractivity contribution is 5.78. The van der Waals surface area contributed by atoms with E-state index in [-0.39, 0.29) is 5.97 Å². The van der Waals surface area contributed by atoms with Gasteiger partial charge in [0, 0.05) is 0 Å². The molecule has 0 saturated carbocycles. The van der Waals surface area contributed by atoms with Crippen molar-refractivity contribution in [3.05, 3.63) is 29.8 Å². The summed E-state index contributed by atoms with van der Waals surface area (Å²) in [6.45, 7) is 9.74. The molecule has 0 aliphatic carbocycles. The predicted octanol–water partition coefficient (Wildman–Crippen LogP) is 3.76. The Morgan fingerprint density at radius 3 is 2.25 bits per heavy atom. The summed E-state index contributed by atoms with van der Waals surface area (Å²) in [7, 11) is 0. The van der Waals surface area contributed by atoms with E-state index in [2.05, 4.69) is 13.8 Å². The van der Waals surface area contributed by atoms with Crippen molar-refractivity contribution in [3.8, 4) is 5.75 Å². The van der Waals surface area contributed by atoms with Crippen molar-refractivity contribution < 1.29 is 9.53 Å². The van der Waals surface area contributed by atoms with Gasteiger partial charge in [-0.2, -0.15) is 0 Å². The second-order valence-electron chi connectivity index (χ2n) is 5.33. The minimum absolute atomic E-state index is 0.194. The van der Waals surface area contributed by atoms with Crippen molar-refractivity contribution in [2.45, 2.75) is 40.5 Å². The summed E-state index contributed by atoms with van der Waals surface area (Å²) < 4.78 is 5.43. The Morgan fingerprint density at radius 1 is 1.19 bits per heavy atom. The van der Waals surface area contributed by atoms with E-state index in [1.54, 1.807) is 0 Å². The molecule has 1 rings (SSSR count). The molecule has 0 heterocycles. The van der Waals surface area contributed by atoms with Gasteiger partial charge in [-0.15, -0.1) is 0 Å². The van der Waals surface area contributed by atoms with Gasteiger partial charge in [0.2, 0.25) is 0 Å². The van der Waals surface area contributed by atoms with Crippen LogP contribution in [0, 0.1) is 5.41 Å². The van der Waals surface area contributed by atoms with Crippen LogP contribution in [-0.2, 0) is 4.79 Å². The van der Waals surface area contributed by atoms with Crippen molar-refractivity contribution in [1.29, 1.82) is 0 Å². The molecule has 1 aromatic carbocycles. The number of ether oxygens (including phenoxy) is 1. The van der Waals surface area contributed by atoms with E-state index in [0.717, 1.165) is 5.56 Å². The van der Waals surface area contributed by atoms with Crippen LogP contribution in [-0.4, -0.2) is 5.97 Å². The maximum absolute atomic E-state index is 11.8. The molecule has 0 unspecified atom stereocenters. The molecule has 2 nitrogen and oxygen atoms in total. The van der Waals surface area contributed by atoms with E-state index < -0.39 is 5.41 Å². The van der Waals surface area contributed by atoms with Crippen LogP contribution in [0.25, 0.3) is 0 Å². The first-order valence-electron chi connectivity index (χ1n) is 5.63. The Labute approximate surface area is 97.6 Å². The van der Waals surface area contributed by atoms with Crippen LogP contribution in [0.3, 0.4) is 0 Å². The quantitative estimate of drug-likeness (QED) is 0.560. The van der Waals surface area contributed by atoms with Crippen molar-refractivity contribution >= 4 is 5.97 Å². The van der Waals surface area contributed by atoms with Gasteiger partial charge in [0.25, 0.3) is 0 Å². The second-order valence-corrected chi connectivity index (χ2v) is 5.33. The number of hydrogen-bond acceptors (Lipinski definition) is 2. The summed E-state index contributed by atoms with van der Waals surface area (Å²) in [6, 6.07) is 7.69. The zero-order chi connectivity index (χ0) is 12.3. The normalized spacial score (nSPS) is 11.6. The van der Waals surface area contributed by atoms with Gasteiger partial charge in [-0.25, -0.2) is 0 Å². The highest BCUT2D eigenvalue weighted by atomic mass is 16.5. The molecule has 0 aromatic heterocycles. The number of benzene rings is 1. The van der Waals surface area contributed by atoms with Crippen LogP contribution in [0.15, 0.2) is 24.3 Å². The van der Waals surface area contributed by atoms with Crippen LogP contribution in [0.1, 0.15) is 46.1 Å². The number of para-hydroxylation sites is 1. The molecule has 88 valence electrons. The lowest BCUT2D eigenvalue weighted by atomic mass is 9.97. The Bertz CT molecular complexity index is 373. The summed E-state index contributed by atoms with van der Waals surface area (Å²) in [4.78, 5) is 11.8. The van der Waals surface area contributed by atoms with E-state index >= 15 is 0 Å². The average Bonchev–Trinajstić information content (AvgIpc) is 2.16. The maximum Gasteiger partial charge on any atom is 0.316 e. The van der Waals surface area contributed by atoms with Gasteiger partial charge >= 0.3 is 5.97 Å². The zero-order valence-electron chi connectivity index (χ0n) is 10.7. The molecule has 0 atom stereocenters. The minimum Gasteiger partial charge on any atom is -0.426 e. The lowest BCUT2D eigenvalue weighted by Gasteiger charge is -2.19. The van der Waals surface area contributed by atoms with Gasteiger partial charge in [0.05, 0.1) is 5.41 Å². The summed E-state index contributed by atoms with van der Waals surface area (Å²) in [5.41, 5.74) is 0.601. The van der Waals surface area contributed by atoms with Crippen LogP contribution in [0.5, 0.6) is 5.75 Å². The number of carbonyl (C=O) groups is 1. The molecular formula is C14H20O2.